The smallest absolute Gasteiger partial charge is 1.00 e. The second-order valence-electron chi connectivity index (χ2n) is 4.88. The van der Waals surface area contributed by atoms with Gasteiger partial charge in [0.05, 0.1) is 6.61 Å². The summed E-state index contributed by atoms with van der Waals surface area (Å²) in [7, 11) is -8.90. The summed E-state index contributed by atoms with van der Waals surface area (Å²) in [5, 5.41) is 0. The summed E-state index contributed by atoms with van der Waals surface area (Å²) >= 11 is 0. The van der Waals surface area contributed by atoms with Crippen molar-refractivity contribution in [2.45, 2.75) is 71.1 Å². The first-order chi connectivity index (χ1) is 10.1. The summed E-state index contributed by atoms with van der Waals surface area (Å²) < 4.78 is 64.6. The molecule has 0 aromatic rings. The van der Waals surface area contributed by atoms with E-state index in [4.69, 9.17) is 22.1 Å². The van der Waals surface area contributed by atoms with Crippen LogP contribution in [0, 0.1) is 35.6 Å². The first kappa shape index (κ1) is 33.5. The predicted octanol–water partition coefficient (Wildman–Crippen LogP) is 0.190. The van der Waals surface area contributed by atoms with Gasteiger partial charge in [0.15, 0.2) is 0 Å². The second kappa shape index (κ2) is 21.2. The maximum atomic E-state index is 10.2. The molecule has 0 fully saturated rings. The van der Waals surface area contributed by atoms with Crippen molar-refractivity contribution in [3.8, 4) is 0 Å². The van der Waals surface area contributed by atoms with Crippen LogP contribution in [0.3, 0.4) is 0 Å². The molecular formula is C12H29LaNaO8S2. The summed E-state index contributed by atoms with van der Waals surface area (Å²) in [6.07, 6.45) is 11.9. The van der Waals surface area contributed by atoms with Crippen LogP contribution in [0.15, 0.2) is 0 Å². The first-order valence-electron chi connectivity index (χ1n) is 7.38. The molecular weight excluding hydrogens is 498 g/mol. The Hall–Kier alpha value is 1.93. The van der Waals surface area contributed by atoms with Crippen LogP contribution in [0.5, 0.6) is 0 Å². The normalized spacial score (nSPS) is 10.8. The van der Waals surface area contributed by atoms with Crippen LogP contribution in [0.2, 0.25) is 0 Å². The molecule has 0 spiro atoms. The summed E-state index contributed by atoms with van der Waals surface area (Å²) in [4.78, 5) is 0. The molecule has 0 rings (SSSR count). The monoisotopic (exact) mass is 527 g/mol. The molecule has 0 heterocycles. The minimum Gasteiger partial charge on any atom is -1.00 e. The zero-order chi connectivity index (χ0) is 17.5. The van der Waals surface area contributed by atoms with Gasteiger partial charge in [-0.2, -0.15) is 16.8 Å². The molecule has 3 N–H and O–H groups in total. The molecule has 0 aliphatic rings. The molecule has 24 heavy (non-hydrogen) atoms. The fraction of sp³-hybridized carbons (Fsp3) is 1.00. The number of hydrogen-bond acceptors (Lipinski definition) is 5. The van der Waals surface area contributed by atoms with Crippen molar-refractivity contribution in [1.82, 2.24) is 0 Å². The van der Waals surface area contributed by atoms with Crippen molar-refractivity contribution < 1.29 is 101 Å². The molecule has 0 aliphatic carbocycles. The molecule has 0 aliphatic heterocycles. The van der Waals surface area contributed by atoms with Gasteiger partial charge in [0.1, 0.15) is 0 Å². The summed E-state index contributed by atoms with van der Waals surface area (Å²) in [5.41, 5.74) is 0. The van der Waals surface area contributed by atoms with Crippen LogP contribution >= 0.6 is 0 Å². The molecule has 0 aromatic heterocycles. The number of hydrogen-bond donors (Lipinski definition) is 3. The van der Waals surface area contributed by atoms with Gasteiger partial charge < -0.3 is 1.43 Å². The van der Waals surface area contributed by atoms with Crippen molar-refractivity contribution in [3.05, 3.63) is 0 Å². The molecule has 0 saturated heterocycles. The molecule has 12 heteroatoms. The van der Waals surface area contributed by atoms with Gasteiger partial charge in [0.2, 0.25) is 0 Å². The summed E-state index contributed by atoms with van der Waals surface area (Å²) in [5.74, 6) is 0. The second-order valence-corrected chi connectivity index (χ2v) is 6.87. The third-order valence-electron chi connectivity index (χ3n) is 2.73. The van der Waals surface area contributed by atoms with Crippen LogP contribution in [0.1, 0.15) is 72.6 Å². The predicted molar refractivity (Wildman–Crippen MR) is 84.6 cm³/mol. The molecule has 0 unspecified atom stereocenters. The molecule has 0 saturated carbocycles. The van der Waals surface area contributed by atoms with E-state index in [0.717, 1.165) is 12.8 Å². The minimum atomic E-state index is -4.67. The Labute approximate surface area is 197 Å². The number of rotatable bonds is 12. The van der Waals surface area contributed by atoms with Gasteiger partial charge in [-0.15, -0.1) is 0 Å². The largest absolute Gasteiger partial charge is 1.00 e. The van der Waals surface area contributed by atoms with Gasteiger partial charge in [0.25, 0.3) is 0 Å². The van der Waals surface area contributed by atoms with Crippen LogP contribution in [-0.4, -0.2) is 37.1 Å². The third-order valence-corrected chi connectivity index (χ3v) is 3.19. The standard InChI is InChI=1S/C12H26O4S.La.Na.H2O4S.H/c1-2-3-4-5-6-7-8-9-10-11-12-16-17(13,14)15;;;1-5(2,3)4;/h2-12H2,1H3,(H,13,14,15);;;(H2,1,2,3,4);/q;;+1;;-1. The van der Waals surface area contributed by atoms with Gasteiger partial charge in [-0.05, 0) is 6.42 Å². The Morgan fingerprint density at radius 2 is 1.04 bits per heavy atom. The van der Waals surface area contributed by atoms with Gasteiger partial charge in [-0.3, -0.25) is 13.7 Å². The third kappa shape index (κ3) is 49.6. The van der Waals surface area contributed by atoms with E-state index in [1.165, 1.54) is 44.9 Å². The average Bonchev–Trinajstić information content (AvgIpc) is 2.32. The molecule has 1 radical (unpaired) electrons. The van der Waals surface area contributed by atoms with Crippen LogP contribution < -0.4 is 29.6 Å². The zero-order valence-corrected chi connectivity index (χ0v) is 21.8. The average molecular weight is 527 g/mol. The van der Waals surface area contributed by atoms with E-state index >= 15 is 0 Å². The van der Waals surface area contributed by atoms with Gasteiger partial charge in [-0.1, -0.05) is 64.7 Å². The topological polar surface area (TPSA) is 138 Å². The van der Waals surface area contributed by atoms with Gasteiger partial charge in [-0.25, -0.2) is 4.18 Å². The maximum absolute atomic E-state index is 10.2. The Balaban J connectivity index is -0.000000147. The Morgan fingerprint density at radius 3 is 1.33 bits per heavy atom. The van der Waals surface area contributed by atoms with E-state index < -0.39 is 20.8 Å². The fourth-order valence-electron chi connectivity index (χ4n) is 1.75. The van der Waals surface area contributed by atoms with Crippen molar-refractivity contribution in [1.29, 1.82) is 0 Å². The zero-order valence-electron chi connectivity index (χ0n) is 15.6. The van der Waals surface area contributed by atoms with E-state index in [0.29, 0.717) is 6.42 Å². The summed E-state index contributed by atoms with van der Waals surface area (Å²) in [6, 6.07) is 0. The van der Waals surface area contributed by atoms with Crippen molar-refractivity contribution in [3.63, 3.8) is 0 Å². The van der Waals surface area contributed by atoms with E-state index in [2.05, 4.69) is 11.1 Å². The summed E-state index contributed by atoms with van der Waals surface area (Å²) in [6.45, 7) is 2.31. The quantitative estimate of drug-likeness (QED) is 0.186. The Morgan fingerprint density at radius 1 is 0.750 bits per heavy atom. The first-order valence-corrected chi connectivity index (χ1v) is 10.1. The van der Waals surface area contributed by atoms with Crippen LogP contribution in [0.25, 0.3) is 0 Å². The number of unbranched alkanes of at least 4 members (excludes halogenated alkanes) is 9. The van der Waals surface area contributed by atoms with Gasteiger partial charge >= 0.3 is 50.4 Å². The van der Waals surface area contributed by atoms with Crippen molar-refractivity contribution in [2.24, 2.45) is 0 Å². The minimum absolute atomic E-state index is 0. The van der Waals surface area contributed by atoms with E-state index in [1.54, 1.807) is 0 Å². The Bertz CT molecular complexity index is 440. The molecule has 0 atom stereocenters. The molecule has 8 nitrogen and oxygen atoms in total. The van der Waals surface area contributed by atoms with E-state index in [9.17, 15) is 8.42 Å². The maximum Gasteiger partial charge on any atom is 1.00 e. The van der Waals surface area contributed by atoms with E-state index in [1.807, 2.05) is 0 Å². The Kier molecular flexibility index (Phi) is 29.7. The van der Waals surface area contributed by atoms with Crippen molar-refractivity contribution in [2.75, 3.05) is 6.61 Å². The van der Waals surface area contributed by atoms with Crippen LogP contribution in [-0.2, 0) is 25.0 Å². The van der Waals surface area contributed by atoms with Crippen molar-refractivity contribution >= 4 is 20.8 Å². The van der Waals surface area contributed by atoms with Gasteiger partial charge in [0, 0.05) is 35.6 Å². The fourth-order valence-corrected chi connectivity index (χ4v) is 2.08. The molecule has 0 amide bonds. The molecule has 0 aromatic carbocycles. The molecule has 0 bridgehead atoms. The molecule has 141 valence electrons. The van der Waals surface area contributed by atoms with E-state index in [-0.39, 0.29) is 73.2 Å². The van der Waals surface area contributed by atoms with Crippen LogP contribution in [0.4, 0.5) is 0 Å². The SMILES string of the molecule is CCCCCCCCCCCCOS(=O)(=O)O.O=S(=O)(O)O.[H-].[La].[Na+].